The molecule has 1 aromatic carbocycles. The molecule has 7 heteroatoms. The summed E-state index contributed by atoms with van der Waals surface area (Å²) in [5.41, 5.74) is 1.71. The van der Waals surface area contributed by atoms with Crippen LogP contribution in [0.1, 0.15) is 40.2 Å². The van der Waals surface area contributed by atoms with Crippen LogP contribution in [0.3, 0.4) is 0 Å². The van der Waals surface area contributed by atoms with Gasteiger partial charge in [0, 0.05) is 13.1 Å². The van der Waals surface area contributed by atoms with Crippen LogP contribution in [0.2, 0.25) is 0 Å². The summed E-state index contributed by atoms with van der Waals surface area (Å²) in [6, 6.07) is 9.50. The molecule has 0 unspecified atom stereocenters. The van der Waals surface area contributed by atoms with Gasteiger partial charge in [-0.25, -0.2) is 0 Å². The number of hydrogen-bond acceptors (Lipinski definition) is 5. The third-order valence-electron chi connectivity index (χ3n) is 4.09. The first-order valence-electron chi connectivity index (χ1n) is 8.31. The molecular formula is C18H20N4O2S. The van der Waals surface area contributed by atoms with E-state index in [1.807, 2.05) is 30.3 Å². The first kappa shape index (κ1) is 17.3. The minimum absolute atomic E-state index is 0.146. The number of carbonyl (C=O) groups excluding carboxylic acids is 2. The molecule has 1 aliphatic heterocycles. The fraction of sp³-hybridized carbons (Fsp3) is 0.333. The van der Waals surface area contributed by atoms with Crippen molar-refractivity contribution in [1.82, 2.24) is 19.8 Å². The summed E-state index contributed by atoms with van der Waals surface area (Å²) in [4.78, 5) is 27.7. The smallest absolute Gasteiger partial charge is 0.270 e. The minimum atomic E-state index is -0.347. The molecule has 130 valence electrons. The topological polar surface area (TPSA) is 75.2 Å². The van der Waals surface area contributed by atoms with Crippen molar-refractivity contribution in [3.8, 4) is 0 Å². The number of nitrogens with one attached hydrogen (secondary N) is 1. The molecule has 2 aromatic rings. The molecule has 6 nitrogen and oxygen atoms in total. The second-order valence-electron chi connectivity index (χ2n) is 5.96. The molecule has 0 radical (unpaired) electrons. The third-order valence-corrected chi connectivity index (χ3v) is 4.92. The Kier molecular flexibility index (Phi) is 5.55. The SMILES string of the molecule is Cc1nnsc1C(=O)N/C(=C/c1ccccc1)C(=O)N1CCCCC1. The predicted octanol–water partition coefficient (Wildman–Crippen LogP) is 2.63. The van der Waals surface area contributed by atoms with Crippen LogP contribution in [0.4, 0.5) is 0 Å². The molecule has 1 saturated heterocycles. The second kappa shape index (κ2) is 8.02. The first-order valence-corrected chi connectivity index (χ1v) is 9.09. The average Bonchev–Trinajstić information content (AvgIpc) is 3.08. The number of carbonyl (C=O) groups is 2. The quantitative estimate of drug-likeness (QED) is 0.855. The Hall–Kier alpha value is -2.54. The molecule has 25 heavy (non-hydrogen) atoms. The van der Waals surface area contributed by atoms with Gasteiger partial charge in [0.25, 0.3) is 11.8 Å². The van der Waals surface area contributed by atoms with E-state index in [0.29, 0.717) is 10.6 Å². The fourth-order valence-corrected chi connectivity index (χ4v) is 3.31. The fourth-order valence-electron chi connectivity index (χ4n) is 2.75. The van der Waals surface area contributed by atoms with Crippen LogP contribution in [-0.4, -0.2) is 39.4 Å². The Morgan fingerprint density at radius 3 is 2.52 bits per heavy atom. The maximum Gasteiger partial charge on any atom is 0.270 e. The standard InChI is InChI=1S/C18H20N4O2S/c1-13-16(25-21-20-13)17(23)19-15(12-14-8-4-2-5-9-14)18(24)22-10-6-3-7-11-22/h2,4-5,8-9,12H,3,6-7,10-11H2,1H3,(H,19,23)/b15-12+. The van der Waals surface area contributed by atoms with Crippen molar-refractivity contribution in [2.75, 3.05) is 13.1 Å². The molecule has 2 amide bonds. The number of nitrogens with zero attached hydrogens (tertiary/aromatic N) is 3. The highest BCUT2D eigenvalue weighted by Crippen LogP contribution is 2.15. The van der Waals surface area contributed by atoms with Gasteiger partial charge in [0.15, 0.2) is 0 Å². The van der Waals surface area contributed by atoms with Crippen molar-refractivity contribution in [1.29, 1.82) is 0 Å². The Balaban J connectivity index is 1.86. The van der Waals surface area contributed by atoms with Crippen molar-refractivity contribution < 1.29 is 9.59 Å². The largest absolute Gasteiger partial charge is 0.337 e. The normalized spacial score (nSPS) is 15.1. The number of likely N-dealkylation sites (tertiary alicyclic amines) is 1. The van der Waals surface area contributed by atoms with Gasteiger partial charge in [-0.15, -0.1) is 5.10 Å². The summed E-state index contributed by atoms with van der Waals surface area (Å²) in [5.74, 6) is -0.493. The van der Waals surface area contributed by atoms with Gasteiger partial charge in [-0.3, -0.25) is 9.59 Å². The van der Waals surface area contributed by atoms with E-state index in [0.717, 1.165) is 49.4 Å². The lowest BCUT2D eigenvalue weighted by atomic mass is 10.1. The predicted molar refractivity (Wildman–Crippen MR) is 97.0 cm³/mol. The zero-order valence-electron chi connectivity index (χ0n) is 14.1. The van der Waals surface area contributed by atoms with Gasteiger partial charge >= 0.3 is 0 Å². The second-order valence-corrected chi connectivity index (χ2v) is 6.72. The Bertz CT molecular complexity index is 779. The summed E-state index contributed by atoms with van der Waals surface area (Å²) in [5, 5.41) is 6.62. The Morgan fingerprint density at radius 1 is 1.16 bits per heavy atom. The number of rotatable bonds is 4. The average molecular weight is 356 g/mol. The highest BCUT2D eigenvalue weighted by atomic mass is 32.1. The van der Waals surface area contributed by atoms with Crippen LogP contribution >= 0.6 is 11.5 Å². The zero-order valence-corrected chi connectivity index (χ0v) is 14.9. The van der Waals surface area contributed by atoms with Crippen LogP contribution in [0, 0.1) is 6.92 Å². The van der Waals surface area contributed by atoms with Gasteiger partial charge in [-0.05, 0) is 49.4 Å². The molecular weight excluding hydrogens is 336 g/mol. The number of piperidine rings is 1. The van der Waals surface area contributed by atoms with Gasteiger partial charge in [-0.1, -0.05) is 34.8 Å². The van der Waals surface area contributed by atoms with Crippen molar-refractivity contribution in [3.05, 3.63) is 52.2 Å². The van der Waals surface area contributed by atoms with Crippen LogP contribution in [0.5, 0.6) is 0 Å². The van der Waals surface area contributed by atoms with E-state index in [1.165, 1.54) is 0 Å². The summed E-state index contributed by atoms with van der Waals surface area (Å²) in [7, 11) is 0. The summed E-state index contributed by atoms with van der Waals surface area (Å²) < 4.78 is 3.78. The number of aryl methyl sites for hydroxylation is 1. The zero-order chi connectivity index (χ0) is 17.6. The lowest BCUT2D eigenvalue weighted by molar-refractivity contribution is -0.128. The molecule has 1 fully saturated rings. The molecule has 0 atom stereocenters. The Labute approximate surface area is 150 Å². The molecule has 1 aromatic heterocycles. The summed E-state index contributed by atoms with van der Waals surface area (Å²) >= 11 is 1.03. The van der Waals surface area contributed by atoms with Gasteiger partial charge in [0.2, 0.25) is 0 Å². The van der Waals surface area contributed by atoms with E-state index in [1.54, 1.807) is 17.9 Å². The molecule has 1 aliphatic rings. The van der Waals surface area contributed by atoms with Crippen LogP contribution in [0.25, 0.3) is 6.08 Å². The maximum absolute atomic E-state index is 12.9. The van der Waals surface area contributed by atoms with Crippen molar-refractivity contribution >= 4 is 29.4 Å². The first-order chi connectivity index (χ1) is 12.1. The van der Waals surface area contributed by atoms with Gasteiger partial charge in [0.1, 0.15) is 10.6 Å². The van der Waals surface area contributed by atoms with Crippen LogP contribution in [0.15, 0.2) is 36.0 Å². The van der Waals surface area contributed by atoms with Crippen molar-refractivity contribution in [2.24, 2.45) is 0 Å². The van der Waals surface area contributed by atoms with E-state index < -0.39 is 0 Å². The lowest BCUT2D eigenvalue weighted by Gasteiger charge is -2.27. The monoisotopic (exact) mass is 356 g/mol. The number of hydrogen-bond donors (Lipinski definition) is 1. The van der Waals surface area contributed by atoms with E-state index in [4.69, 9.17) is 0 Å². The third kappa shape index (κ3) is 4.30. The summed E-state index contributed by atoms with van der Waals surface area (Å²) in [6.07, 6.45) is 4.85. The van der Waals surface area contributed by atoms with E-state index >= 15 is 0 Å². The number of amides is 2. The van der Waals surface area contributed by atoms with Gasteiger partial charge in [0.05, 0.1) is 5.69 Å². The summed E-state index contributed by atoms with van der Waals surface area (Å²) in [6.45, 7) is 3.18. The molecule has 0 aliphatic carbocycles. The van der Waals surface area contributed by atoms with Crippen LogP contribution in [-0.2, 0) is 4.79 Å². The van der Waals surface area contributed by atoms with Gasteiger partial charge in [-0.2, -0.15) is 0 Å². The maximum atomic E-state index is 12.9. The van der Waals surface area contributed by atoms with Gasteiger partial charge < -0.3 is 10.2 Å². The molecule has 2 heterocycles. The number of aromatic nitrogens is 2. The molecule has 1 N–H and O–H groups in total. The molecule has 0 bridgehead atoms. The highest BCUT2D eigenvalue weighted by Gasteiger charge is 2.23. The molecule has 0 spiro atoms. The van der Waals surface area contributed by atoms with Crippen molar-refractivity contribution in [2.45, 2.75) is 26.2 Å². The molecule has 3 rings (SSSR count). The van der Waals surface area contributed by atoms with E-state index in [-0.39, 0.29) is 17.5 Å². The lowest BCUT2D eigenvalue weighted by Crippen LogP contribution is -2.41. The molecule has 0 saturated carbocycles. The van der Waals surface area contributed by atoms with Crippen molar-refractivity contribution in [3.63, 3.8) is 0 Å². The van der Waals surface area contributed by atoms with E-state index in [2.05, 4.69) is 14.9 Å². The van der Waals surface area contributed by atoms with E-state index in [9.17, 15) is 9.59 Å². The number of benzene rings is 1. The Morgan fingerprint density at radius 2 is 1.88 bits per heavy atom. The van der Waals surface area contributed by atoms with Crippen LogP contribution < -0.4 is 5.32 Å². The minimum Gasteiger partial charge on any atom is -0.337 e. The highest BCUT2D eigenvalue weighted by molar-refractivity contribution is 7.08.